The molecule has 1 heterocycles. The molecular weight excluding hydrogens is 345 g/mol. The van der Waals surface area contributed by atoms with Gasteiger partial charge in [0, 0.05) is 8.95 Å². The third-order valence-electron chi connectivity index (χ3n) is 1.85. The lowest BCUT2D eigenvalue weighted by Crippen LogP contribution is -1.82. The molecule has 15 heavy (non-hydrogen) atoms. The van der Waals surface area contributed by atoms with Gasteiger partial charge < -0.3 is 4.42 Å². The highest BCUT2D eigenvalue weighted by atomic mass is 79.9. The van der Waals surface area contributed by atoms with Gasteiger partial charge in [-0.1, -0.05) is 15.9 Å². The zero-order valence-electron chi connectivity index (χ0n) is 7.51. The van der Waals surface area contributed by atoms with Crippen LogP contribution in [0.5, 0.6) is 0 Å². The molecular formula is C10H6Br2ClNO. The first-order chi connectivity index (χ1) is 7.20. The Balaban J connectivity index is 2.48. The number of hydrogen-bond acceptors (Lipinski definition) is 2. The fourth-order valence-corrected chi connectivity index (χ4v) is 2.05. The summed E-state index contributed by atoms with van der Waals surface area (Å²) in [5.41, 5.74) is 1.64. The van der Waals surface area contributed by atoms with Crippen LogP contribution in [0, 0.1) is 0 Å². The molecule has 0 unspecified atom stereocenters. The van der Waals surface area contributed by atoms with Gasteiger partial charge in [-0.25, -0.2) is 4.98 Å². The summed E-state index contributed by atoms with van der Waals surface area (Å²) in [5.74, 6) is 0.925. The van der Waals surface area contributed by atoms with E-state index in [0.717, 1.165) is 20.2 Å². The number of nitrogens with zero attached hydrogens (tertiary/aromatic N) is 1. The number of benzene rings is 1. The fraction of sp³-hybridized carbons (Fsp3) is 0.100. The van der Waals surface area contributed by atoms with Crippen LogP contribution in [-0.4, -0.2) is 4.98 Å². The van der Waals surface area contributed by atoms with Gasteiger partial charge in [-0.2, -0.15) is 0 Å². The maximum atomic E-state index is 5.66. The Morgan fingerprint density at radius 3 is 2.80 bits per heavy atom. The van der Waals surface area contributed by atoms with E-state index < -0.39 is 0 Å². The number of hydrogen-bond donors (Lipinski definition) is 0. The molecule has 0 bridgehead atoms. The Morgan fingerprint density at radius 2 is 2.13 bits per heavy atom. The Labute approximate surface area is 109 Å². The molecule has 0 atom stereocenters. The smallest absolute Gasteiger partial charge is 0.227 e. The Hall–Kier alpha value is -0.320. The van der Waals surface area contributed by atoms with Gasteiger partial charge in [-0.05, 0) is 34.1 Å². The summed E-state index contributed by atoms with van der Waals surface area (Å²) in [6, 6.07) is 5.82. The monoisotopic (exact) mass is 349 g/mol. The van der Waals surface area contributed by atoms with E-state index in [0.29, 0.717) is 11.8 Å². The van der Waals surface area contributed by atoms with Crippen LogP contribution < -0.4 is 0 Å². The molecule has 1 aromatic carbocycles. The van der Waals surface area contributed by atoms with Crippen molar-refractivity contribution in [2.75, 3.05) is 0 Å². The predicted octanol–water partition coefficient (Wildman–Crippen LogP) is 4.61. The van der Waals surface area contributed by atoms with Crippen LogP contribution in [0.4, 0.5) is 0 Å². The molecule has 2 aromatic rings. The Morgan fingerprint density at radius 1 is 1.33 bits per heavy atom. The molecule has 0 radical (unpaired) electrons. The second-order valence-electron chi connectivity index (χ2n) is 2.90. The first-order valence-electron chi connectivity index (χ1n) is 4.16. The van der Waals surface area contributed by atoms with Crippen LogP contribution in [0.15, 0.2) is 37.8 Å². The number of oxazole rings is 1. The van der Waals surface area contributed by atoms with Crippen LogP contribution in [0.3, 0.4) is 0 Å². The summed E-state index contributed by atoms with van der Waals surface area (Å²) < 4.78 is 7.25. The molecule has 78 valence electrons. The second kappa shape index (κ2) is 4.68. The highest BCUT2D eigenvalue weighted by Gasteiger charge is 2.10. The summed E-state index contributed by atoms with van der Waals surface area (Å²) in [5, 5.41) is 0. The second-order valence-corrected chi connectivity index (χ2v) is 4.94. The van der Waals surface area contributed by atoms with Gasteiger partial charge in [0.05, 0.1) is 17.1 Å². The average molecular weight is 351 g/mol. The molecule has 0 amide bonds. The lowest BCUT2D eigenvalue weighted by atomic mass is 10.2. The van der Waals surface area contributed by atoms with E-state index in [1.54, 1.807) is 6.26 Å². The lowest BCUT2D eigenvalue weighted by molar-refractivity contribution is 0.573. The summed E-state index contributed by atoms with van der Waals surface area (Å²) in [6.45, 7) is 0. The molecule has 0 spiro atoms. The van der Waals surface area contributed by atoms with Crippen molar-refractivity contribution in [2.45, 2.75) is 5.88 Å². The minimum atomic E-state index is 0.356. The largest absolute Gasteiger partial charge is 0.444 e. The number of alkyl halides is 1. The van der Waals surface area contributed by atoms with Gasteiger partial charge in [0.25, 0.3) is 0 Å². The maximum Gasteiger partial charge on any atom is 0.227 e. The molecule has 0 aliphatic carbocycles. The maximum absolute atomic E-state index is 5.66. The van der Waals surface area contributed by atoms with Crippen molar-refractivity contribution >= 4 is 43.5 Å². The van der Waals surface area contributed by atoms with Gasteiger partial charge in [-0.15, -0.1) is 11.6 Å². The Kier molecular flexibility index (Phi) is 3.49. The lowest BCUT2D eigenvalue weighted by Gasteiger charge is -1.99. The summed E-state index contributed by atoms with van der Waals surface area (Å²) in [4.78, 5) is 4.25. The van der Waals surface area contributed by atoms with Gasteiger partial charge in [0.15, 0.2) is 0 Å². The van der Waals surface area contributed by atoms with Gasteiger partial charge >= 0.3 is 0 Å². The van der Waals surface area contributed by atoms with Gasteiger partial charge in [-0.3, -0.25) is 0 Å². The van der Waals surface area contributed by atoms with Crippen molar-refractivity contribution in [3.05, 3.63) is 39.1 Å². The first kappa shape index (κ1) is 11.2. The molecule has 0 N–H and O–H groups in total. The van der Waals surface area contributed by atoms with Crippen molar-refractivity contribution in [1.29, 1.82) is 0 Å². The van der Waals surface area contributed by atoms with E-state index >= 15 is 0 Å². The van der Waals surface area contributed by atoms with E-state index in [1.807, 2.05) is 18.2 Å². The average Bonchev–Trinajstić information content (AvgIpc) is 2.70. The molecule has 2 rings (SSSR count). The molecule has 0 aliphatic heterocycles. The molecule has 1 aromatic heterocycles. The van der Waals surface area contributed by atoms with E-state index in [1.165, 1.54) is 0 Å². The van der Waals surface area contributed by atoms with E-state index in [9.17, 15) is 0 Å². The van der Waals surface area contributed by atoms with Crippen molar-refractivity contribution in [3.63, 3.8) is 0 Å². The third kappa shape index (κ3) is 2.44. The highest BCUT2D eigenvalue weighted by Crippen LogP contribution is 2.30. The van der Waals surface area contributed by atoms with Gasteiger partial charge in [0.2, 0.25) is 5.89 Å². The SMILES string of the molecule is ClCc1coc(-c2cc(Br)ccc2Br)n1. The van der Waals surface area contributed by atoms with Crippen LogP contribution in [0.2, 0.25) is 0 Å². The number of aromatic nitrogens is 1. The predicted molar refractivity (Wildman–Crippen MR) is 66.9 cm³/mol. The van der Waals surface area contributed by atoms with E-state index in [2.05, 4.69) is 36.8 Å². The van der Waals surface area contributed by atoms with Crippen LogP contribution >= 0.6 is 43.5 Å². The van der Waals surface area contributed by atoms with Crippen molar-refractivity contribution in [1.82, 2.24) is 4.98 Å². The third-order valence-corrected chi connectivity index (χ3v) is 3.31. The topological polar surface area (TPSA) is 26.0 Å². The Bertz CT molecular complexity index is 484. The number of halogens is 3. The van der Waals surface area contributed by atoms with Crippen LogP contribution in [-0.2, 0) is 5.88 Å². The summed E-state index contributed by atoms with van der Waals surface area (Å²) in [7, 11) is 0. The fourth-order valence-electron chi connectivity index (χ4n) is 1.15. The summed E-state index contributed by atoms with van der Waals surface area (Å²) >= 11 is 12.5. The van der Waals surface area contributed by atoms with Crippen molar-refractivity contribution in [3.8, 4) is 11.5 Å². The van der Waals surface area contributed by atoms with Crippen LogP contribution in [0.1, 0.15) is 5.69 Å². The molecule has 0 aliphatic rings. The minimum absolute atomic E-state index is 0.356. The molecule has 0 saturated carbocycles. The zero-order chi connectivity index (χ0) is 10.8. The molecule has 0 saturated heterocycles. The van der Waals surface area contributed by atoms with E-state index in [-0.39, 0.29) is 0 Å². The summed E-state index contributed by atoms with van der Waals surface area (Å²) in [6.07, 6.45) is 1.57. The molecule has 5 heteroatoms. The van der Waals surface area contributed by atoms with Crippen LogP contribution in [0.25, 0.3) is 11.5 Å². The highest BCUT2D eigenvalue weighted by molar-refractivity contribution is 9.11. The van der Waals surface area contributed by atoms with Gasteiger partial charge in [0.1, 0.15) is 6.26 Å². The quantitative estimate of drug-likeness (QED) is 0.739. The molecule has 0 fully saturated rings. The normalized spacial score (nSPS) is 10.6. The van der Waals surface area contributed by atoms with E-state index in [4.69, 9.17) is 16.0 Å². The molecule has 2 nitrogen and oxygen atoms in total. The number of rotatable bonds is 2. The standard InChI is InChI=1S/C10H6Br2ClNO/c11-6-1-2-9(12)8(3-6)10-14-7(4-13)5-15-10/h1-3,5H,4H2. The van der Waals surface area contributed by atoms with Crippen molar-refractivity contribution in [2.24, 2.45) is 0 Å². The van der Waals surface area contributed by atoms with Crippen molar-refractivity contribution < 1.29 is 4.42 Å². The zero-order valence-corrected chi connectivity index (χ0v) is 11.4. The first-order valence-corrected chi connectivity index (χ1v) is 6.28. The minimum Gasteiger partial charge on any atom is -0.444 e.